The van der Waals surface area contributed by atoms with Crippen molar-refractivity contribution < 1.29 is 9.90 Å². The summed E-state index contributed by atoms with van der Waals surface area (Å²) in [4.78, 5) is 19.8. The van der Waals surface area contributed by atoms with Crippen molar-refractivity contribution in [1.82, 2.24) is 9.88 Å². The zero-order valence-corrected chi connectivity index (χ0v) is 14.0. The van der Waals surface area contributed by atoms with Crippen molar-refractivity contribution in [1.29, 1.82) is 0 Å². The maximum Gasteiger partial charge on any atom is 0.355 e. The summed E-state index contributed by atoms with van der Waals surface area (Å²) in [6.07, 6.45) is 2.33. The molecular weight excluding hydrogens is 310 g/mol. The van der Waals surface area contributed by atoms with Crippen LogP contribution in [0.4, 0.5) is 5.69 Å². The number of hydrogen-bond acceptors (Lipinski definition) is 5. The summed E-state index contributed by atoms with van der Waals surface area (Å²) in [5.74, 6) is -0.955. The lowest BCUT2D eigenvalue weighted by molar-refractivity contribution is 0.0691. The molecule has 122 valence electrons. The summed E-state index contributed by atoms with van der Waals surface area (Å²) in [6, 6.07) is 11.0. The molecule has 23 heavy (non-hydrogen) atoms. The SMILES string of the molecule is CN(Cc1nc(C(=O)O)cs1)C1CCCN(c2ccccc2)C1. The number of hydrogen-bond donors (Lipinski definition) is 1. The molecule has 6 heteroatoms. The first kappa shape index (κ1) is 16.0. The van der Waals surface area contributed by atoms with Gasteiger partial charge in [0.2, 0.25) is 0 Å². The zero-order chi connectivity index (χ0) is 16.2. The minimum atomic E-state index is -0.955. The molecule has 1 aromatic heterocycles. The number of benzene rings is 1. The molecule has 1 saturated heterocycles. The molecule has 2 heterocycles. The van der Waals surface area contributed by atoms with Crippen LogP contribution in [0.15, 0.2) is 35.7 Å². The van der Waals surface area contributed by atoms with E-state index < -0.39 is 5.97 Å². The van der Waals surface area contributed by atoms with Gasteiger partial charge in [-0.05, 0) is 32.0 Å². The molecule has 0 aliphatic carbocycles. The van der Waals surface area contributed by atoms with Crippen molar-refractivity contribution in [3.63, 3.8) is 0 Å². The first-order valence-electron chi connectivity index (χ1n) is 7.81. The fourth-order valence-electron chi connectivity index (χ4n) is 3.01. The van der Waals surface area contributed by atoms with Crippen LogP contribution in [-0.4, -0.2) is 47.1 Å². The quantitative estimate of drug-likeness (QED) is 0.913. The number of carbonyl (C=O) groups is 1. The number of carboxylic acids is 1. The lowest BCUT2D eigenvalue weighted by Crippen LogP contribution is -2.46. The second-order valence-electron chi connectivity index (χ2n) is 5.92. The average Bonchev–Trinajstić information content (AvgIpc) is 3.04. The van der Waals surface area contributed by atoms with Crippen molar-refractivity contribution in [2.45, 2.75) is 25.4 Å². The number of para-hydroxylation sites is 1. The van der Waals surface area contributed by atoms with E-state index >= 15 is 0 Å². The van der Waals surface area contributed by atoms with Crippen LogP contribution in [0.1, 0.15) is 28.3 Å². The summed E-state index contributed by atoms with van der Waals surface area (Å²) in [5.41, 5.74) is 1.42. The number of rotatable bonds is 5. The zero-order valence-electron chi connectivity index (χ0n) is 13.2. The normalized spacial score (nSPS) is 18.3. The van der Waals surface area contributed by atoms with Gasteiger partial charge in [-0.25, -0.2) is 9.78 Å². The Kier molecular flexibility index (Phi) is 4.93. The Morgan fingerprint density at radius 2 is 2.22 bits per heavy atom. The molecule has 1 atom stereocenters. The number of anilines is 1. The minimum Gasteiger partial charge on any atom is -0.476 e. The van der Waals surface area contributed by atoms with Gasteiger partial charge in [0.1, 0.15) is 5.01 Å². The summed E-state index contributed by atoms with van der Waals surface area (Å²) < 4.78 is 0. The number of carboxylic acid groups (broad SMARTS) is 1. The Hall–Kier alpha value is -1.92. The molecule has 0 saturated carbocycles. The molecule has 0 spiro atoms. The monoisotopic (exact) mass is 331 g/mol. The Balaban J connectivity index is 1.62. The smallest absolute Gasteiger partial charge is 0.355 e. The maximum absolute atomic E-state index is 10.9. The van der Waals surface area contributed by atoms with Crippen molar-refractivity contribution in [2.24, 2.45) is 0 Å². The molecule has 2 aromatic rings. The fraction of sp³-hybridized carbons (Fsp3) is 0.412. The fourth-order valence-corrected chi connectivity index (χ4v) is 3.84. The van der Waals surface area contributed by atoms with Gasteiger partial charge in [0.25, 0.3) is 0 Å². The van der Waals surface area contributed by atoms with Crippen LogP contribution >= 0.6 is 11.3 Å². The van der Waals surface area contributed by atoms with Crippen LogP contribution in [0, 0.1) is 0 Å². The number of thiazole rings is 1. The maximum atomic E-state index is 10.9. The van der Waals surface area contributed by atoms with E-state index in [2.05, 4.69) is 46.1 Å². The van der Waals surface area contributed by atoms with Crippen LogP contribution in [0.2, 0.25) is 0 Å². The van der Waals surface area contributed by atoms with E-state index in [9.17, 15) is 4.79 Å². The van der Waals surface area contributed by atoms with E-state index in [4.69, 9.17) is 5.11 Å². The molecule has 1 aliphatic heterocycles. The number of aromatic nitrogens is 1. The second-order valence-corrected chi connectivity index (χ2v) is 6.87. The third-order valence-electron chi connectivity index (χ3n) is 4.30. The molecule has 1 N–H and O–H groups in total. The van der Waals surface area contributed by atoms with Gasteiger partial charge in [-0.3, -0.25) is 4.90 Å². The average molecular weight is 331 g/mol. The van der Waals surface area contributed by atoms with Crippen LogP contribution in [0.25, 0.3) is 0 Å². The highest BCUT2D eigenvalue weighted by Crippen LogP contribution is 2.23. The standard InChI is InChI=1S/C17H21N3O2S/c1-19(11-16-18-15(12-23-16)17(21)22)14-8-5-9-20(10-14)13-6-3-2-4-7-13/h2-4,6-7,12,14H,5,8-11H2,1H3,(H,21,22). The van der Waals surface area contributed by atoms with Gasteiger partial charge in [-0.15, -0.1) is 11.3 Å². The lowest BCUT2D eigenvalue weighted by atomic mass is 10.0. The predicted molar refractivity (Wildman–Crippen MR) is 92.2 cm³/mol. The molecule has 0 radical (unpaired) electrons. The van der Waals surface area contributed by atoms with Gasteiger partial charge in [-0.2, -0.15) is 0 Å². The van der Waals surface area contributed by atoms with Crippen molar-refractivity contribution in [2.75, 3.05) is 25.0 Å². The van der Waals surface area contributed by atoms with Crippen molar-refractivity contribution in [3.05, 3.63) is 46.4 Å². The largest absolute Gasteiger partial charge is 0.476 e. The van der Waals surface area contributed by atoms with Crippen LogP contribution in [-0.2, 0) is 6.54 Å². The highest BCUT2D eigenvalue weighted by atomic mass is 32.1. The Morgan fingerprint density at radius 3 is 2.91 bits per heavy atom. The number of nitrogens with zero attached hydrogens (tertiary/aromatic N) is 3. The van der Waals surface area contributed by atoms with Gasteiger partial charge in [-0.1, -0.05) is 18.2 Å². The second kappa shape index (κ2) is 7.10. The van der Waals surface area contributed by atoms with Gasteiger partial charge in [0.15, 0.2) is 5.69 Å². The molecule has 0 bridgehead atoms. The highest BCUT2D eigenvalue weighted by molar-refractivity contribution is 7.09. The predicted octanol–water partition coefficient (Wildman–Crippen LogP) is 2.94. The van der Waals surface area contributed by atoms with Crippen molar-refractivity contribution in [3.8, 4) is 0 Å². The summed E-state index contributed by atoms with van der Waals surface area (Å²) in [7, 11) is 2.10. The highest BCUT2D eigenvalue weighted by Gasteiger charge is 2.24. The van der Waals surface area contributed by atoms with Gasteiger partial charge in [0.05, 0.1) is 6.54 Å². The molecule has 5 nitrogen and oxygen atoms in total. The molecular formula is C17H21N3O2S. The summed E-state index contributed by atoms with van der Waals surface area (Å²) in [5, 5.41) is 11.4. The van der Waals surface area contributed by atoms with E-state index in [0.29, 0.717) is 12.6 Å². The van der Waals surface area contributed by atoms with Crippen LogP contribution < -0.4 is 4.90 Å². The third kappa shape index (κ3) is 3.89. The van der Waals surface area contributed by atoms with Crippen LogP contribution in [0.3, 0.4) is 0 Å². The Morgan fingerprint density at radius 1 is 1.43 bits per heavy atom. The summed E-state index contributed by atoms with van der Waals surface area (Å²) in [6.45, 7) is 2.79. The third-order valence-corrected chi connectivity index (χ3v) is 5.13. The first-order chi connectivity index (χ1) is 11.1. The molecule has 3 rings (SSSR count). The molecule has 1 unspecified atom stereocenters. The molecule has 1 aromatic carbocycles. The number of aromatic carboxylic acids is 1. The number of likely N-dealkylation sites (N-methyl/N-ethyl adjacent to an activating group) is 1. The van der Waals surface area contributed by atoms with Crippen molar-refractivity contribution >= 4 is 23.0 Å². The lowest BCUT2D eigenvalue weighted by Gasteiger charge is -2.38. The van der Waals surface area contributed by atoms with E-state index in [0.717, 1.165) is 24.5 Å². The van der Waals surface area contributed by atoms with E-state index in [1.807, 2.05) is 6.07 Å². The van der Waals surface area contributed by atoms with Gasteiger partial charge in [0, 0.05) is 30.2 Å². The molecule has 1 fully saturated rings. The van der Waals surface area contributed by atoms with Crippen LogP contribution in [0.5, 0.6) is 0 Å². The van der Waals surface area contributed by atoms with E-state index in [-0.39, 0.29) is 5.69 Å². The van der Waals surface area contributed by atoms with E-state index in [1.54, 1.807) is 5.38 Å². The molecule has 0 amide bonds. The van der Waals surface area contributed by atoms with Gasteiger partial charge >= 0.3 is 5.97 Å². The summed E-state index contributed by atoms with van der Waals surface area (Å²) >= 11 is 1.42. The van der Waals surface area contributed by atoms with E-state index in [1.165, 1.54) is 23.4 Å². The number of piperidine rings is 1. The molecule has 1 aliphatic rings. The van der Waals surface area contributed by atoms with Gasteiger partial charge < -0.3 is 10.0 Å². The topological polar surface area (TPSA) is 56.7 Å². The minimum absolute atomic E-state index is 0.146. The Labute approximate surface area is 140 Å². The Bertz CT molecular complexity index is 659. The first-order valence-corrected chi connectivity index (χ1v) is 8.69.